The first kappa shape index (κ1) is 19.4. The lowest BCUT2D eigenvalue weighted by molar-refractivity contribution is 0.353. The predicted molar refractivity (Wildman–Crippen MR) is 114 cm³/mol. The lowest BCUT2D eigenvalue weighted by Crippen LogP contribution is -2.00. The molecule has 2 N–H and O–H groups in total. The van der Waals surface area contributed by atoms with Gasteiger partial charge in [0.2, 0.25) is 5.88 Å². The Bertz CT molecular complexity index is 1170. The average Bonchev–Trinajstić information content (AvgIpc) is 3.23. The number of benzene rings is 1. The van der Waals surface area contributed by atoms with Gasteiger partial charge in [0.1, 0.15) is 5.69 Å². The van der Waals surface area contributed by atoms with E-state index in [1.165, 1.54) is 12.7 Å². The van der Waals surface area contributed by atoms with Gasteiger partial charge in [-0.25, -0.2) is 4.98 Å². The first-order valence-electron chi connectivity index (χ1n) is 9.37. The van der Waals surface area contributed by atoms with Crippen molar-refractivity contribution in [2.45, 2.75) is 13.5 Å². The summed E-state index contributed by atoms with van der Waals surface area (Å²) in [5.74, 6) is 0.381. The Morgan fingerprint density at radius 3 is 2.53 bits per heavy atom. The van der Waals surface area contributed by atoms with Crippen molar-refractivity contribution in [1.82, 2.24) is 24.7 Å². The zero-order valence-corrected chi connectivity index (χ0v) is 17.0. The highest BCUT2D eigenvalue weighted by molar-refractivity contribution is 5.73. The molecule has 0 aliphatic carbocycles. The van der Waals surface area contributed by atoms with Crippen molar-refractivity contribution < 1.29 is 9.47 Å². The lowest BCUT2D eigenvalue weighted by Gasteiger charge is -2.09. The van der Waals surface area contributed by atoms with E-state index in [4.69, 9.17) is 15.2 Å². The van der Waals surface area contributed by atoms with Crippen molar-refractivity contribution in [2.75, 3.05) is 20.0 Å². The number of rotatable bonds is 6. The van der Waals surface area contributed by atoms with Gasteiger partial charge in [0.25, 0.3) is 0 Å². The van der Waals surface area contributed by atoms with Crippen LogP contribution in [0.25, 0.3) is 22.4 Å². The van der Waals surface area contributed by atoms with Crippen molar-refractivity contribution in [2.24, 2.45) is 0 Å². The fourth-order valence-corrected chi connectivity index (χ4v) is 3.19. The van der Waals surface area contributed by atoms with Crippen molar-refractivity contribution >= 4 is 5.69 Å². The first-order chi connectivity index (χ1) is 14.6. The van der Waals surface area contributed by atoms with E-state index in [1.807, 2.05) is 43.5 Å². The van der Waals surface area contributed by atoms with Crippen LogP contribution < -0.4 is 15.2 Å². The van der Waals surface area contributed by atoms with E-state index in [0.29, 0.717) is 17.1 Å². The molecule has 8 heteroatoms. The summed E-state index contributed by atoms with van der Waals surface area (Å²) in [5, 5.41) is 8.65. The average molecular weight is 402 g/mol. The number of nitrogens with two attached hydrogens (primary N) is 1. The molecule has 0 aliphatic heterocycles. The highest BCUT2D eigenvalue weighted by atomic mass is 16.5. The molecule has 0 atom stereocenters. The molecule has 0 spiro atoms. The molecule has 0 aliphatic rings. The fraction of sp³-hybridized carbons (Fsp3) is 0.182. The minimum atomic E-state index is 0.232. The third kappa shape index (κ3) is 3.93. The monoisotopic (exact) mass is 402 g/mol. The molecular weight excluding hydrogens is 380 g/mol. The van der Waals surface area contributed by atoms with Gasteiger partial charge in [-0.1, -0.05) is 12.1 Å². The van der Waals surface area contributed by atoms with Crippen LogP contribution >= 0.6 is 0 Å². The smallest absolute Gasteiger partial charge is 0.319 e. The number of nitrogen functional groups attached to an aromatic ring is 1. The summed E-state index contributed by atoms with van der Waals surface area (Å²) >= 11 is 0. The van der Waals surface area contributed by atoms with Crippen LogP contribution in [-0.2, 0) is 6.54 Å². The Morgan fingerprint density at radius 1 is 1.00 bits per heavy atom. The molecule has 0 radical (unpaired) electrons. The fourth-order valence-electron chi connectivity index (χ4n) is 3.19. The summed E-state index contributed by atoms with van der Waals surface area (Å²) in [4.78, 5) is 8.40. The molecule has 0 unspecified atom stereocenters. The second kappa shape index (κ2) is 8.20. The number of aromatic nitrogens is 5. The summed E-state index contributed by atoms with van der Waals surface area (Å²) in [6.07, 6.45) is 5.76. The minimum Gasteiger partial charge on any atom is -0.480 e. The highest BCUT2D eigenvalue weighted by Crippen LogP contribution is 2.31. The van der Waals surface area contributed by atoms with Gasteiger partial charge >= 0.3 is 6.01 Å². The molecule has 3 heterocycles. The van der Waals surface area contributed by atoms with Crippen LogP contribution in [0.2, 0.25) is 0 Å². The topological polar surface area (TPSA) is 101 Å². The Hall–Kier alpha value is -3.94. The van der Waals surface area contributed by atoms with E-state index in [9.17, 15) is 0 Å². The molecule has 3 aromatic heterocycles. The molecular formula is C22H22N6O2. The maximum Gasteiger partial charge on any atom is 0.319 e. The number of methoxy groups -OCH3 is 2. The summed E-state index contributed by atoms with van der Waals surface area (Å²) < 4.78 is 12.6. The maximum atomic E-state index is 5.77. The molecule has 0 saturated heterocycles. The zero-order chi connectivity index (χ0) is 21.1. The molecule has 8 nitrogen and oxygen atoms in total. The molecule has 4 aromatic rings. The van der Waals surface area contributed by atoms with Crippen LogP contribution in [0.1, 0.15) is 11.3 Å². The molecule has 0 saturated carbocycles. The number of hydrogen-bond acceptors (Lipinski definition) is 7. The van der Waals surface area contributed by atoms with Gasteiger partial charge in [0.05, 0.1) is 25.5 Å². The van der Waals surface area contributed by atoms with Gasteiger partial charge < -0.3 is 19.8 Å². The lowest BCUT2D eigenvalue weighted by atomic mass is 10.1. The van der Waals surface area contributed by atoms with Crippen LogP contribution in [0.4, 0.5) is 5.69 Å². The highest BCUT2D eigenvalue weighted by Gasteiger charge is 2.15. The van der Waals surface area contributed by atoms with E-state index in [2.05, 4.69) is 37.0 Å². The first-order valence-corrected chi connectivity index (χ1v) is 9.37. The largest absolute Gasteiger partial charge is 0.480 e. The second-order valence-electron chi connectivity index (χ2n) is 6.82. The number of aryl methyl sites for hydroxylation is 1. The Kier molecular flexibility index (Phi) is 5.30. The van der Waals surface area contributed by atoms with Crippen LogP contribution in [0.15, 0.2) is 55.0 Å². The van der Waals surface area contributed by atoms with E-state index < -0.39 is 0 Å². The standard InChI is InChI=1S/C22H22N6O2/c1-14-18(16-8-9-28(13-16)12-15-4-6-17(23)7-5-15)10-20(27-26-14)19-11-24-22(30-3)25-21(19)29-2/h4-11,13H,12,23H2,1-3H3. The normalized spacial score (nSPS) is 10.8. The Labute approximate surface area is 174 Å². The van der Waals surface area contributed by atoms with E-state index >= 15 is 0 Å². The number of nitrogens with zero attached hydrogens (tertiary/aromatic N) is 5. The molecule has 152 valence electrons. The summed E-state index contributed by atoms with van der Waals surface area (Å²) in [7, 11) is 3.05. The van der Waals surface area contributed by atoms with E-state index in [-0.39, 0.29) is 6.01 Å². The van der Waals surface area contributed by atoms with E-state index in [1.54, 1.807) is 13.3 Å². The number of ether oxygens (including phenoxy) is 2. The van der Waals surface area contributed by atoms with Crippen LogP contribution in [0.5, 0.6) is 11.9 Å². The van der Waals surface area contributed by atoms with Crippen LogP contribution in [0.3, 0.4) is 0 Å². The van der Waals surface area contributed by atoms with Gasteiger partial charge in [0.15, 0.2) is 0 Å². The maximum absolute atomic E-state index is 5.77. The molecule has 4 rings (SSSR count). The van der Waals surface area contributed by atoms with Crippen molar-refractivity contribution in [3.63, 3.8) is 0 Å². The summed E-state index contributed by atoms with van der Waals surface area (Å²) in [5.41, 5.74) is 11.8. The summed E-state index contributed by atoms with van der Waals surface area (Å²) in [6, 6.07) is 12.1. The van der Waals surface area contributed by atoms with Gasteiger partial charge in [-0.3, -0.25) is 0 Å². The van der Waals surface area contributed by atoms with Gasteiger partial charge in [-0.05, 0) is 36.8 Å². The quantitative estimate of drug-likeness (QED) is 0.494. The zero-order valence-electron chi connectivity index (χ0n) is 17.0. The van der Waals surface area contributed by atoms with Crippen molar-refractivity contribution in [3.05, 3.63) is 66.2 Å². The number of hydrogen-bond donors (Lipinski definition) is 1. The van der Waals surface area contributed by atoms with Gasteiger partial charge in [-0.15, -0.1) is 5.10 Å². The molecule has 30 heavy (non-hydrogen) atoms. The van der Waals surface area contributed by atoms with Crippen LogP contribution in [-0.4, -0.2) is 39.0 Å². The predicted octanol–water partition coefficient (Wildman–Crippen LogP) is 3.36. The van der Waals surface area contributed by atoms with Gasteiger partial charge in [0, 0.05) is 41.9 Å². The minimum absolute atomic E-state index is 0.232. The molecule has 0 amide bonds. The van der Waals surface area contributed by atoms with Crippen LogP contribution in [0, 0.1) is 6.92 Å². The van der Waals surface area contributed by atoms with Crippen molar-refractivity contribution in [1.29, 1.82) is 0 Å². The molecule has 1 aromatic carbocycles. The molecule has 0 fully saturated rings. The Morgan fingerprint density at radius 2 is 1.80 bits per heavy atom. The van der Waals surface area contributed by atoms with Gasteiger partial charge in [-0.2, -0.15) is 10.1 Å². The SMILES string of the molecule is COc1ncc(-c2cc(-c3ccn(Cc4ccc(N)cc4)c3)c(C)nn2)c(OC)n1. The second-order valence-corrected chi connectivity index (χ2v) is 6.82. The Balaban J connectivity index is 1.66. The molecule has 0 bridgehead atoms. The number of anilines is 1. The van der Waals surface area contributed by atoms with Crippen molar-refractivity contribution in [3.8, 4) is 34.3 Å². The van der Waals surface area contributed by atoms with E-state index in [0.717, 1.165) is 29.1 Å². The third-order valence-corrected chi connectivity index (χ3v) is 4.77. The third-order valence-electron chi connectivity index (χ3n) is 4.77. The summed E-state index contributed by atoms with van der Waals surface area (Å²) in [6.45, 7) is 2.69.